The number of quaternary nitrogens is 1. The topological polar surface area (TPSA) is 23.5 Å². The molecule has 0 aromatic heterocycles. The number of phenols is 1. The van der Waals surface area contributed by atoms with Crippen LogP contribution < -0.4 is 17.0 Å². The zero-order chi connectivity index (χ0) is 32.2. The zero-order valence-electron chi connectivity index (χ0n) is 29.9. The van der Waals surface area contributed by atoms with Gasteiger partial charge in [0.1, 0.15) is 10.8 Å². The van der Waals surface area contributed by atoms with Crippen molar-refractivity contribution in [2.24, 2.45) is 0 Å². The lowest BCUT2D eigenvalue weighted by atomic mass is 10.0. The van der Waals surface area contributed by atoms with Crippen LogP contribution >= 0.6 is 51.8 Å². The van der Waals surface area contributed by atoms with E-state index in [0.29, 0.717) is 5.02 Å². The normalized spacial score (nSPS) is 10.7. The molecule has 0 fully saturated rings. The molecular weight excluding hydrogens is 743 g/mol. The van der Waals surface area contributed by atoms with Gasteiger partial charge in [-0.05, 0) is 58.5 Å². The predicted molar refractivity (Wildman–Crippen MR) is 203 cm³/mol. The van der Waals surface area contributed by atoms with Crippen LogP contribution in [0.2, 0.25) is 15.1 Å². The third-order valence-electron chi connectivity index (χ3n) is 7.19. The van der Waals surface area contributed by atoms with Crippen LogP contribution in [0, 0.1) is 0 Å². The second-order valence-corrected chi connectivity index (χ2v) is 14.6. The van der Waals surface area contributed by atoms with Crippen molar-refractivity contribution in [2.45, 2.75) is 149 Å². The van der Waals surface area contributed by atoms with Crippen LogP contribution in [0.15, 0.2) is 6.07 Å². The Morgan fingerprint density at radius 2 is 0.886 bits per heavy atom. The number of aryl methyl sites for hydroxylation is 1. The maximum absolute atomic E-state index is 9.69. The molecule has 0 aliphatic rings. The molecule has 0 saturated carbocycles. The van der Waals surface area contributed by atoms with E-state index < -0.39 is 0 Å². The van der Waals surface area contributed by atoms with E-state index >= 15 is 0 Å². The summed E-state index contributed by atoms with van der Waals surface area (Å²) in [6, 6.07) is 1.63. The average molecular weight is 814 g/mol. The standard InChI is InChI=1S/C18H27Cl3O.C15H34N.C3H9N.2BrH/c1-2-3-4-5-6-7-8-9-10-11-12-14-13-15(22)17(20)18(21)16(14)19;1-5-6-7-8-9-10-11-12-13-14-15-16(2,3)4;1-4(2)3;;/h13,22H,2-12H2,1H3;5-15H2,1-4H3;1-3H3;2*1H/q;+1;;;/p-1. The summed E-state index contributed by atoms with van der Waals surface area (Å²) in [7, 11) is 12.9. The van der Waals surface area contributed by atoms with Gasteiger partial charge in [0, 0.05) is 0 Å². The van der Waals surface area contributed by atoms with Crippen molar-refractivity contribution in [3.8, 4) is 5.75 Å². The van der Waals surface area contributed by atoms with E-state index in [1.807, 2.05) is 26.0 Å². The van der Waals surface area contributed by atoms with Crippen molar-refractivity contribution in [3.63, 3.8) is 0 Å². The SMILES string of the molecule is Br.CCCCCCCCCCCC[N+](C)(C)C.CCCCCCCCCCCCc1cc(O)c(Cl)c(Cl)c1Cl.CN(C)C.[Br-]. The molecular formula is C36H71Br2Cl3N2O. The largest absolute Gasteiger partial charge is 1.00 e. The molecule has 0 amide bonds. The van der Waals surface area contributed by atoms with Crippen LogP contribution in [0.5, 0.6) is 5.75 Å². The van der Waals surface area contributed by atoms with E-state index in [2.05, 4.69) is 35.0 Å². The Kier molecular flexibility index (Phi) is 41.1. The highest BCUT2D eigenvalue weighted by Crippen LogP contribution is 2.39. The fraction of sp³-hybridized carbons (Fsp3) is 0.833. The van der Waals surface area contributed by atoms with Crippen molar-refractivity contribution in [2.75, 3.05) is 48.8 Å². The highest BCUT2D eigenvalue weighted by atomic mass is 79.9. The van der Waals surface area contributed by atoms with Gasteiger partial charge in [0.15, 0.2) is 0 Å². The van der Waals surface area contributed by atoms with Gasteiger partial charge < -0.3 is 31.5 Å². The molecule has 0 heterocycles. The van der Waals surface area contributed by atoms with Crippen LogP contribution in [0.1, 0.15) is 148 Å². The summed E-state index contributed by atoms with van der Waals surface area (Å²) in [5.74, 6) is 0.0122. The summed E-state index contributed by atoms with van der Waals surface area (Å²) < 4.78 is 1.12. The molecule has 1 aromatic rings. The maximum atomic E-state index is 9.69. The highest BCUT2D eigenvalue weighted by Gasteiger charge is 2.13. The number of nitrogens with zero attached hydrogens (tertiary/aromatic N) is 2. The Labute approximate surface area is 311 Å². The molecule has 0 bridgehead atoms. The quantitative estimate of drug-likeness (QED) is 0.0716. The number of halogens is 5. The van der Waals surface area contributed by atoms with E-state index in [1.165, 1.54) is 129 Å². The van der Waals surface area contributed by atoms with Crippen molar-refractivity contribution in [3.05, 3.63) is 26.7 Å². The van der Waals surface area contributed by atoms with Crippen molar-refractivity contribution >= 4 is 51.8 Å². The number of hydrogen-bond acceptors (Lipinski definition) is 2. The monoisotopic (exact) mass is 810 g/mol. The van der Waals surface area contributed by atoms with Crippen LogP contribution in [0.4, 0.5) is 0 Å². The minimum Gasteiger partial charge on any atom is -1.00 e. The van der Waals surface area contributed by atoms with Gasteiger partial charge in [-0.25, -0.2) is 0 Å². The molecule has 1 aromatic carbocycles. The Hall–Kier alpha value is 0.770. The van der Waals surface area contributed by atoms with E-state index in [0.717, 1.165) is 22.9 Å². The molecule has 3 nitrogen and oxygen atoms in total. The summed E-state index contributed by atoms with van der Waals surface area (Å²) in [5, 5.41) is 10.6. The predicted octanol–water partition coefficient (Wildman–Crippen LogP) is 10.2. The number of rotatable bonds is 22. The molecule has 1 rings (SSSR count). The molecule has 266 valence electrons. The average Bonchev–Trinajstić information content (AvgIpc) is 2.91. The first-order valence-corrected chi connectivity index (χ1v) is 18.3. The van der Waals surface area contributed by atoms with Gasteiger partial charge in [-0.2, -0.15) is 0 Å². The van der Waals surface area contributed by atoms with Gasteiger partial charge in [0.25, 0.3) is 0 Å². The lowest BCUT2D eigenvalue weighted by Crippen LogP contribution is -3.00. The number of aromatic hydroxyl groups is 1. The third kappa shape index (κ3) is 35.6. The molecule has 8 heteroatoms. The second-order valence-electron chi connectivity index (χ2n) is 13.5. The Morgan fingerprint density at radius 3 is 1.23 bits per heavy atom. The third-order valence-corrected chi connectivity index (χ3v) is 8.57. The summed E-state index contributed by atoms with van der Waals surface area (Å²) in [4.78, 5) is 2.00. The number of phenolic OH excluding ortho intramolecular Hbond substituents is 1. The highest BCUT2D eigenvalue weighted by molar-refractivity contribution is 8.93. The van der Waals surface area contributed by atoms with E-state index in [-0.39, 0.29) is 49.8 Å². The molecule has 0 unspecified atom stereocenters. The first kappa shape index (κ1) is 51.6. The Bertz CT molecular complexity index is 744. The lowest BCUT2D eigenvalue weighted by Gasteiger charge is -2.23. The molecule has 0 atom stereocenters. The van der Waals surface area contributed by atoms with Crippen LogP contribution in [0.25, 0.3) is 0 Å². The molecule has 0 radical (unpaired) electrons. The van der Waals surface area contributed by atoms with Crippen LogP contribution in [-0.2, 0) is 6.42 Å². The van der Waals surface area contributed by atoms with Crippen LogP contribution in [0.3, 0.4) is 0 Å². The fourth-order valence-electron chi connectivity index (χ4n) is 4.70. The lowest BCUT2D eigenvalue weighted by molar-refractivity contribution is -0.870. The van der Waals surface area contributed by atoms with Gasteiger partial charge in [-0.15, -0.1) is 17.0 Å². The van der Waals surface area contributed by atoms with Gasteiger partial charge in [0.05, 0.1) is 37.7 Å². The first-order chi connectivity index (χ1) is 19.9. The second kappa shape index (κ2) is 35.1. The summed E-state index contributed by atoms with van der Waals surface area (Å²) in [6.07, 6.45) is 28.2. The molecule has 44 heavy (non-hydrogen) atoms. The number of benzene rings is 1. The van der Waals surface area contributed by atoms with Gasteiger partial charge in [-0.1, -0.05) is 158 Å². The van der Waals surface area contributed by atoms with Gasteiger partial charge in [0.2, 0.25) is 0 Å². The van der Waals surface area contributed by atoms with E-state index in [4.69, 9.17) is 34.8 Å². The molecule has 0 aliphatic carbocycles. The minimum atomic E-state index is 0. The smallest absolute Gasteiger partial charge is 0.136 e. The number of unbranched alkanes of at least 4 members (excludes halogenated alkanes) is 18. The Morgan fingerprint density at radius 1 is 0.568 bits per heavy atom. The summed E-state index contributed by atoms with van der Waals surface area (Å²) >= 11 is 18.0. The van der Waals surface area contributed by atoms with Crippen molar-refractivity contribution in [1.82, 2.24) is 4.90 Å². The van der Waals surface area contributed by atoms with Crippen LogP contribution in [-0.4, -0.2) is 63.3 Å². The first-order valence-electron chi connectivity index (χ1n) is 17.1. The molecule has 0 saturated heterocycles. The van der Waals surface area contributed by atoms with Gasteiger partial charge in [-0.3, -0.25) is 0 Å². The maximum Gasteiger partial charge on any atom is 0.136 e. The Balaban J connectivity index is -0.000000322. The van der Waals surface area contributed by atoms with Crippen molar-refractivity contribution < 1.29 is 26.6 Å². The summed E-state index contributed by atoms with van der Waals surface area (Å²) in [5.41, 5.74) is 0.883. The summed E-state index contributed by atoms with van der Waals surface area (Å²) in [6.45, 7) is 5.87. The number of hydrogen-bond donors (Lipinski definition) is 1. The van der Waals surface area contributed by atoms with E-state index in [1.54, 1.807) is 6.07 Å². The fourth-order valence-corrected chi connectivity index (χ4v) is 5.36. The van der Waals surface area contributed by atoms with Gasteiger partial charge >= 0.3 is 0 Å². The van der Waals surface area contributed by atoms with E-state index in [9.17, 15) is 5.11 Å². The minimum absolute atomic E-state index is 0. The molecule has 0 spiro atoms. The molecule has 1 N–H and O–H groups in total. The van der Waals surface area contributed by atoms with Crippen molar-refractivity contribution in [1.29, 1.82) is 0 Å². The molecule has 0 aliphatic heterocycles. The zero-order valence-corrected chi connectivity index (χ0v) is 35.5.